The molecule has 0 bridgehead atoms. The van der Waals surface area contributed by atoms with Crippen molar-refractivity contribution in [2.24, 2.45) is 0 Å². The SMILES string of the molecule is COc1ccc(NS(=O)(=O)c2cc(NC(=O)CN3C(=O)NC4(CCCCC4)C3=O)ccc2N2CCCCC2)cc1. The molecule has 3 fully saturated rings. The summed E-state index contributed by atoms with van der Waals surface area (Å²) in [6.07, 6.45) is 6.83. The van der Waals surface area contributed by atoms with E-state index >= 15 is 0 Å². The van der Waals surface area contributed by atoms with E-state index in [0.29, 0.717) is 30.0 Å². The van der Waals surface area contributed by atoms with Gasteiger partial charge in [0.15, 0.2) is 0 Å². The Kier molecular flexibility index (Phi) is 7.88. The number of sulfonamides is 1. The second-order valence-corrected chi connectivity index (χ2v) is 12.2. The lowest BCUT2D eigenvalue weighted by molar-refractivity contribution is -0.134. The molecular formula is C28H35N5O6S. The van der Waals surface area contributed by atoms with Crippen LogP contribution >= 0.6 is 0 Å². The molecule has 5 rings (SSSR count). The maximum absolute atomic E-state index is 13.6. The van der Waals surface area contributed by atoms with E-state index in [0.717, 1.165) is 56.5 Å². The first kappa shape index (κ1) is 27.8. The number of anilines is 3. The minimum absolute atomic E-state index is 0.0270. The normalized spacial score (nSPS) is 18.9. The molecule has 40 heavy (non-hydrogen) atoms. The molecule has 12 heteroatoms. The van der Waals surface area contributed by atoms with Crippen LogP contribution in [0.1, 0.15) is 51.4 Å². The van der Waals surface area contributed by atoms with Gasteiger partial charge in [0, 0.05) is 24.5 Å². The van der Waals surface area contributed by atoms with E-state index in [1.165, 1.54) is 13.2 Å². The summed E-state index contributed by atoms with van der Waals surface area (Å²) in [5.41, 5.74) is 0.252. The van der Waals surface area contributed by atoms with Crippen LogP contribution in [0.25, 0.3) is 0 Å². The zero-order chi connectivity index (χ0) is 28.3. The highest BCUT2D eigenvalue weighted by Gasteiger charge is 2.51. The Morgan fingerprint density at radius 2 is 1.60 bits per heavy atom. The number of methoxy groups -OCH3 is 1. The van der Waals surface area contributed by atoms with Crippen molar-refractivity contribution in [1.82, 2.24) is 10.2 Å². The Labute approximate surface area is 234 Å². The van der Waals surface area contributed by atoms with Crippen LogP contribution in [-0.2, 0) is 19.6 Å². The molecule has 0 aromatic heterocycles. The Morgan fingerprint density at radius 1 is 0.950 bits per heavy atom. The molecule has 3 aliphatic rings. The molecule has 2 heterocycles. The quantitative estimate of drug-likeness (QED) is 0.413. The predicted octanol–water partition coefficient (Wildman–Crippen LogP) is 3.68. The maximum atomic E-state index is 13.6. The zero-order valence-corrected chi connectivity index (χ0v) is 23.4. The fraction of sp³-hybridized carbons (Fsp3) is 0.464. The number of nitrogens with zero attached hydrogens (tertiary/aromatic N) is 2. The maximum Gasteiger partial charge on any atom is 0.325 e. The molecule has 4 amide bonds. The molecular weight excluding hydrogens is 534 g/mol. The number of ether oxygens (including phenoxy) is 1. The van der Waals surface area contributed by atoms with Gasteiger partial charge in [-0.05, 0) is 74.6 Å². The summed E-state index contributed by atoms with van der Waals surface area (Å²) in [6.45, 7) is 1.00. The lowest BCUT2D eigenvalue weighted by atomic mass is 9.82. The predicted molar refractivity (Wildman–Crippen MR) is 151 cm³/mol. The smallest absolute Gasteiger partial charge is 0.325 e. The van der Waals surface area contributed by atoms with E-state index in [1.807, 2.05) is 4.90 Å². The first-order valence-corrected chi connectivity index (χ1v) is 15.2. The van der Waals surface area contributed by atoms with Crippen LogP contribution < -0.4 is 25.0 Å². The summed E-state index contributed by atoms with van der Waals surface area (Å²) < 4.78 is 35.0. The molecule has 1 aliphatic carbocycles. The number of nitrogens with one attached hydrogen (secondary N) is 3. The highest BCUT2D eigenvalue weighted by atomic mass is 32.2. The number of hydrogen-bond acceptors (Lipinski definition) is 7. The van der Waals surface area contributed by atoms with E-state index in [-0.39, 0.29) is 16.5 Å². The van der Waals surface area contributed by atoms with Gasteiger partial charge in [-0.2, -0.15) is 0 Å². The first-order chi connectivity index (χ1) is 19.2. The number of urea groups is 1. The molecule has 1 spiro atoms. The third kappa shape index (κ3) is 5.72. The fourth-order valence-corrected chi connectivity index (χ4v) is 7.04. The molecule has 0 atom stereocenters. The summed E-state index contributed by atoms with van der Waals surface area (Å²) >= 11 is 0. The van der Waals surface area contributed by atoms with E-state index in [1.54, 1.807) is 36.4 Å². The number of imide groups is 1. The standard InChI is InChI=1S/C28H35N5O6S/c1-39-22-11-8-20(9-12-22)31-40(37,38)24-18-21(10-13-23(24)32-16-6-3-7-17-32)29-25(34)19-33-26(35)28(30-27(33)36)14-4-2-5-15-28/h8-13,18,31H,2-7,14-17,19H2,1H3,(H,29,34)(H,30,36). The minimum Gasteiger partial charge on any atom is -0.497 e. The van der Waals surface area contributed by atoms with E-state index in [9.17, 15) is 22.8 Å². The van der Waals surface area contributed by atoms with E-state index in [4.69, 9.17) is 4.74 Å². The second-order valence-electron chi connectivity index (χ2n) is 10.6. The fourth-order valence-electron chi connectivity index (χ4n) is 5.73. The van der Waals surface area contributed by atoms with Crippen molar-refractivity contribution in [3.05, 3.63) is 42.5 Å². The summed E-state index contributed by atoms with van der Waals surface area (Å²) in [5.74, 6) is -0.366. The van der Waals surface area contributed by atoms with Crippen LogP contribution in [0.15, 0.2) is 47.4 Å². The number of carbonyl (C=O) groups excluding carboxylic acids is 3. The number of piperidine rings is 1. The monoisotopic (exact) mass is 569 g/mol. The summed E-state index contributed by atoms with van der Waals surface area (Å²) in [4.78, 5) is 41.6. The largest absolute Gasteiger partial charge is 0.497 e. The highest BCUT2D eigenvalue weighted by Crippen LogP contribution is 2.34. The highest BCUT2D eigenvalue weighted by molar-refractivity contribution is 7.92. The van der Waals surface area contributed by atoms with Gasteiger partial charge in [-0.25, -0.2) is 13.2 Å². The van der Waals surface area contributed by atoms with Crippen LogP contribution in [0.3, 0.4) is 0 Å². The molecule has 2 saturated heterocycles. The molecule has 2 aromatic rings. The van der Waals surface area contributed by atoms with Gasteiger partial charge in [0.05, 0.1) is 12.8 Å². The van der Waals surface area contributed by atoms with Crippen molar-refractivity contribution < 1.29 is 27.5 Å². The Morgan fingerprint density at radius 3 is 2.27 bits per heavy atom. The van der Waals surface area contributed by atoms with Gasteiger partial charge in [-0.15, -0.1) is 0 Å². The summed E-state index contributed by atoms with van der Waals surface area (Å²) in [6, 6.07) is 10.7. The number of amides is 4. The zero-order valence-electron chi connectivity index (χ0n) is 22.6. The molecule has 0 unspecified atom stereocenters. The van der Waals surface area contributed by atoms with Crippen molar-refractivity contribution in [2.75, 3.05) is 41.7 Å². The number of hydrogen-bond donors (Lipinski definition) is 3. The van der Waals surface area contributed by atoms with Gasteiger partial charge in [0.2, 0.25) is 5.91 Å². The van der Waals surface area contributed by atoms with Crippen molar-refractivity contribution in [2.45, 2.75) is 61.8 Å². The molecule has 3 N–H and O–H groups in total. The van der Waals surface area contributed by atoms with Gasteiger partial charge >= 0.3 is 6.03 Å². The first-order valence-electron chi connectivity index (χ1n) is 13.7. The van der Waals surface area contributed by atoms with Crippen LogP contribution in [0.4, 0.5) is 21.9 Å². The van der Waals surface area contributed by atoms with Gasteiger partial charge in [-0.1, -0.05) is 19.3 Å². The molecule has 2 aromatic carbocycles. The third-order valence-corrected chi connectivity index (χ3v) is 9.24. The average molecular weight is 570 g/mol. The molecule has 2 aliphatic heterocycles. The Hall–Kier alpha value is -3.80. The summed E-state index contributed by atoms with van der Waals surface area (Å²) in [5, 5.41) is 5.48. The van der Waals surface area contributed by atoms with E-state index in [2.05, 4.69) is 15.4 Å². The van der Waals surface area contributed by atoms with Crippen molar-refractivity contribution >= 4 is 44.9 Å². The number of rotatable bonds is 8. The average Bonchev–Trinajstić information content (AvgIpc) is 3.17. The van der Waals surface area contributed by atoms with Gasteiger partial charge in [0.25, 0.3) is 15.9 Å². The summed E-state index contributed by atoms with van der Waals surface area (Å²) in [7, 11) is -2.51. The molecule has 1 saturated carbocycles. The van der Waals surface area contributed by atoms with Crippen LogP contribution in [0, 0.1) is 0 Å². The van der Waals surface area contributed by atoms with Crippen LogP contribution in [-0.4, -0.2) is 63.4 Å². The number of carbonyl (C=O) groups is 3. The lowest BCUT2D eigenvalue weighted by Gasteiger charge is -2.31. The van der Waals surface area contributed by atoms with Gasteiger partial charge < -0.3 is 20.3 Å². The Balaban J connectivity index is 1.36. The second kappa shape index (κ2) is 11.4. The third-order valence-electron chi connectivity index (χ3n) is 7.83. The molecule has 11 nitrogen and oxygen atoms in total. The van der Waals surface area contributed by atoms with Gasteiger partial charge in [0.1, 0.15) is 22.7 Å². The van der Waals surface area contributed by atoms with Crippen LogP contribution in [0.2, 0.25) is 0 Å². The van der Waals surface area contributed by atoms with Crippen molar-refractivity contribution in [3.8, 4) is 5.75 Å². The molecule has 0 radical (unpaired) electrons. The lowest BCUT2D eigenvalue weighted by Crippen LogP contribution is -2.48. The minimum atomic E-state index is -4.04. The Bertz CT molecular complexity index is 1380. The molecule has 214 valence electrons. The van der Waals surface area contributed by atoms with Gasteiger partial charge in [-0.3, -0.25) is 19.2 Å². The van der Waals surface area contributed by atoms with Crippen molar-refractivity contribution in [1.29, 1.82) is 0 Å². The topological polar surface area (TPSA) is 137 Å². The van der Waals surface area contributed by atoms with E-state index < -0.39 is 34.0 Å². The van der Waals surface area contributed by atoms with Crippen molar-refractivity contribution in [3.63, 3.8) is 0 Å². The number of benzene rings is 2. The van der Waals surface area contributed by atoms with Crippen LogP contribution in [0.5, 0.6) is 5.75 Å².